The molecule has 0 radical (unpaired) electrons. The van der Waals surface area contributed by atoms with Crippen molar-refractivity contribution >= 4 is 17.8 Å². The highest BCUT2D eigenvalue weighted by Crippen LogP contribution is 2.30. The van der Waals surface area contributed by atoms with E-state index < -0.39 is 42.7 Å². The van der Waals surface area contributed by atoms with Gasteiger partial charge in [-0.3, -0.25) is 19.4 Å². The van der Waals surface area contributed by atoms with E-state index in [1.54, 1.807) is 0 Å². The summed E-state index contributed by atoms with van der Waals surface area (Å²) in [5.74, 6) is -1.06. The molecule has 0 aliphatic carbocycles. The van der Waals surface area contributed by atoms with Crippen molar-refractivity contribution in [2.45, 2.75) is 31.1 Å². The lowest BCUT2D eigenvalue weighted by molar-refractivity contribution is -0.188. The lowest BCUT2D eigenvalue weighted by atomic mass is 9.98. The van der Waals surface area contributed by atoms with E-state index in [0.717, 1.165) is 9.80 Å². The maximum atomic E-state index is 12.7. The van der Waals surface area contributed by atoms with Crippen molar-refractivity contribution in [3.8, 4) is 0 Å². The van der Waals surface area contributed by atoms with E-state index in [4.69, 9.17) is 0 Å². The molecule has 7 nitrogen and oxygen atoms in total. The summed E-state index contributed by atoms with van der Waals surface area (Å²) in [4.78, 5) is 36.4. The van der Waals surface area contributed by atoms with Crippen molar-refractivity contribution in [3.63, 3.8) is 0 Å². The third-order valence-corrected chi connectivity index (χ3v) is 3.81. The zero-order valence-corrected chi connectivity index (χ0v) is 11.9. The predicted molar refractivity (Wildman–Crippen MR) is 68.7 cm³/mol. The second-order valence-electron chi connectivity index (χ2n) is 5.48. The Hall–Kier alpha value is -1.84. The summed E-state index contributed by atoms with van der Waals surface area (Å²) in [6.07, 6.45) is -4.20. The van der Waals surface area contributed by atoms with Gasteiger partial charge in [0.1, 0.15) is 12.6 Å². The quantitative estimate of drug-likeness (QED) is 0.698. The summed E-state index contributed by atoms with van der Waals surface area (Å²) in [6.45, 7) is -0.505. The Labute approximate surface area is 124 Å². The molecule has 2 N–H and O–H groups in total. The normalized spacial score (nSPS) is 27.0. The summed E-state index contributed by atoms with van der Waals surface area (Å²) < 4.78 is 38.2. The minimum atomic E-state index is -4.29. The van der Waals surface area contributed by atoms with Gasteiger partial charge in [-0.2, -0.15) is 13.2 Å². The van der Waals surface area contributed by atoms with Gasteiger partial charge in [0.05, 0.1) is 6.54 Å². The van der Waals surface area contributed by atoms with Crippen LogP contribution in [0.4, 0.5) is 18.0 Å². The Morgan fingerprint density at radius 1 is 1.36 bits per heavy atom. The second kappa shape index (κ2) is 6.11. The van der Waals surface area contributed by atoms with E-state index in [2.05, 4.69) is 10.6 Å². The number of alkyl halides is 3. The van der Waals surface area contributed by atoms with E-state index in [1.807, 2.05) is 0 Å². The Kier molecular flexibility index (Phi) is 4.59. The summed E-state index contributed by atoms with van der Waals surface area (Å²) in [7, 11) is 1.36. The van der Waals surface area contributed by atoms with E-state index in [0.29, 0.717) is 0 Å². The molecule has 2 saturated heterocycles. The Morgan fingerprint density at radius 2 is 2.05 bits per heavy atom. The number of halogens is 3. The maximum Gasteiger partial charge on any atom is 0.404 e. The zero-order valence-electron chi connectivity index (χ0n) is 11.9. The SMILES string of the molecule is CN1CC(NC(=O)CN2C(=O)CNC2=O)CCC1C(F)(F)F. The van der Waals surface area contributed by atoms with E-state index in [9.17, 15) is 27.6 Å². The van der Waals surface area contributed by atoms with Crippen LogP contribution in [0.2, 0.25) is 0 Å². The van der Waals surface area contributed by atoms with Gasteiger partial charge in [-0.1, -0.05) is 0 Å². The monoisotopic (exact) mass is 322 g/mol. The minimum Gasteiger partial charge on any atom is -0.351 e. The highest BCUT2D eigenvalue weighted by molar-refractivity contribution is 6.04. The van der Waals surface area contributed by atoms with Crippen LogP contribution >= 0.6 is 0 Å². The predicted octanol–water partition coefficient (Wildman–Crippen LogP) is -0.320. The van der Waals surface area contributed by atoms with E-state index in [1.165, 1.54) is 7.05 Å². The molecule has 2 heterocycles. The molecule has 10 heteroatoms. The van der Waals surface area contributed by atoms with Gasteiger partial charge in [0.25, 0.3) is 5.91 Å². The van der Waals surface area contributed by atoms with E-state index in [-0.39, 0.29) is 25.9 Å². The Morgan fingerprint density at radius 3 is 2.55 bits per heavy atom. The van der Waals surface area contributed by atoms with Crippen LogP contribution in [0.3, 0.4) is 0 Å². The molecule has 2 aliphatic heterocycles. The number of nitrogens with zero attached hydrogens (tertiary/aromatic N) is 2. The molecule has 0 saturated carbocycles. The average molecular weight is 322 g/mol. The molecule has 0 aromatic heterocycles. The first-order valence-corrected chi connectivity index (χ1v) is 6.83. The number of rotatable bonds is 3. The molecular weight excluding hydrogens is 305 g/mol. The van der Waals surface area contributed by atoms with Gasteiger partial charge in [0.15, 0.2) is 0 Å². The first-order valence-electron chi connectivity index (χ1n) is 6.83. The van der Waals surface area contributed by atoms with Crippen LogP contribution in [0.25, 0.3) is 0 Å². The number of piperidine rings is 1. The number of carbonyl (C=O) groups excluding carboxylic acids is 3. The number of nitrogens with one attached hydrogen (secondary N) is 2. The molecular formula is C12H17F3N4O3. The number of likely N-dealkylation sites (tertiary alicyclic amines) is 1. The van der Waals surface area contributed by atoms with Gasteiger partial charge in [-0.25, -0.2) is 4.79 Å². The first-order chi connectivity index (χ1) is 10.2. The van der Waals surface area contributed by atoms with Crippen LogP contribution in [0.15, 0.2) is 0 Å². The summed E-state index contributed by atoms with van der Waals surface area (Å²) in [5.41, 5.74) is 0. The summed E-state index contributed by atoms with van der Waals surface area (Å²) in [5, 5.41) is 4.85. The van der Waals surface area contributed by atoms with Gasteiger partial charge in [0, 0.05) is 12.6 Å². The second-order valence-corrected chi connectivity index (χ2v) is 5.48. The summed E-state index contributed by atoms with van der Waals surface area (Å²) >= 11 is 0. The van der Waals surface area contributed by atoms with Crippen molar-refractivity contribution in [2.75, 3.05) is 26.7 Å². The van der Waals surface area contributed by atoms with Crippen molar-refractivity contribution in [2.24, 2.45) is 0 Å². The Balaban J connectivity index is 1.84. The van der Waals surface area contributed by atoms with Gasteiger partial charge in [-0.15, -0.1) is 0 Å². The Bertz CT molecular complexity index is 467. The smallest absolute Gasteiger partial charge is 0.351 e. The molecule has 4 amide bonds. The number of urea groups is 1. The number of carbonyl (C=O) groups is 3. The van der Waals surface area contributed by atoms with Crippen LogP contribution in [0.1, 0.15) is 12.8 Å². The lowest BCUT2D eigenvalue weighted by Gasteiger charge is -2.38. The molecule has 0 bridgehead atoms. The van der Waals surface area contributed by atoms with Crippen molar-refractivity contribution in [1.29, 1.82) is 0 Å². The van der Waals surface area contributed by atoms with E-state index >= 15 is 0 Å². The van der Waals surface area contributed by atoms with Crippen molar-refractivity contribution in [3.05, 3.63) is 0 Å². The fourth-order valence-electron chi connectivity index (χ4n) is 2.71. The van der Waals surface area contributed by atoms with Gasteiger partial charge in [-0.05, 0) is 19.9 Å². The van der Waals surface area contributed by atoms with Crippen LogP contribution in [0, 0.1) is 0 Å². The van der Waals surface area contributed by atoms with Crippen molar-refractivity contribution < 1.29 is 27.6 Å². The molecule has 0 aromatic carbocycles. The molecule has 2 rings (SSSR count). The third-order valence-electron chi connectivity index (χ3n) is 3.81. The fourth-order valence-corrected chi connectivity index (χ4v) is 2.71. The minimum absolute atomic E-state index is 0.0655. The molecule has 2 unspecified atom stereocenters. The highest BCUT2D eigenvalue weighted by Gasteiger charge is 2.45. The van der Waals surface area contributed by atoms with Gasteiger partial charge >= 0.3 is 12.2 Å². The van der Waals surface area contributed by atoms with Crippen molar-refractivity contribution in [1.82, 2.24) is 20.4 Å². The molecule has 124 valence electrons. The molecule has 2 atom stereocenters. The molecule has 0 aromatic rings. The highest BCUT2D eigenvalue weighted by atomic mass is 19.4. The molecule has 2 aliphatic rings. The van der Waals surface area contributed by atoms with Gasteiger partial charge in [0.2, 0.25) is 5.91 Å². The molecule has 22 heavy (non-hydrogen) atoms. The lowest BCUT2D eigenvalue weighted by Crippen LogP contribution is -2.55. The molecule has 2 fully saturated rings. The molecule has 0 spiro atoms. The first kappa shape index (κ1) is 16.5. The number of hydrogen-bond donors (Lipinski definition) is 2. The largest absolute Gasteiger partial charge is 0.404 e. The van der Waals surface area contributed by atoms with Gasteiger partial charge < -0.3 is 10.6 Å². The topological polar surface area (TPSA) is 81.8 Å². The van der Waals surface area contributed by atoms with Crippen LogP contribution in [0.5, 0.6) is 0 Å². The number of hydrogen-bond acceptors (Lipinski definition) is 4. The number of amides is 4. The maximum absolute atomic E-state index is 12.7. The zero-order chi connectivity index (χ0) is 16.5. The standard InChI is InChI=1S/C12H17F3N4O3/c1-18-5-7(2-3-8(18)12(13,14)15)17-9(20)6-19-10(21)4-16-11(19)22/h7-8H,2-6H2,1H3,(H,16,22)(H,17,20). The van der Waals surface area contributed by atoms with Crippen LogP contribution < -0.4 is 10.6 Å². The number of imide groups is 1. The van der Waals surface area contributed by atoms with Crippen LogP contribution in [-0.4, -0.2) is 72.6 Å². The number of likely N-dealkylation sites (N-methyl/N-ethyl adjacent to an activating group) is 1. The third kappa shape index (κ3) is 3.67. The average Bonchev–Trinajstić information content (AvgIpc) is 2.69. The summed E-state index contributed by atoms with van der Waals surface area (Å²) in [6, 6.07) is -2.58. The fraction of sp³-hybridized carbons (Fsp3) is 0.750. The van der Waals surface area contributed by atoms with Crippen LogP contribution in [-0.2, 0) is 9.59 Å².